The molecule has 0 saturated carbocycles. The number of fused-ring (bicyclic) bond motifs is 1. The monoisotopic (exact) mass is 526 g/mol. The van der Waals surface area contributed by atoms with Crippen molar-refractivity contribution in [2.24, 2.45) is 5.92 Å². The lowest BCUT2D eigenvalue weighted by Gasteiger charge is -2.32. The van der Waals surface area contributed by atoms with E-state index >= 15 is 0 Å². The SMILES string of the molecule is CCOC(=O)C1CCN(C(=O)C[C@H](c2ccc(F)cc2)c2cn(Cc3ccc(C)cc3)c3ccccc23)CC1. The second-order valence-electron chi connectivity index (χ2n) is 10.4. The van der Waals surface area contributed by atoms with Gasteiger partial charge in [-0.05, 0) is 61.6 Å². The Morgan fingerprint density at radius 1 is 0.974 bits per heavy atom. The van der Waals surface area contributed by atoms with Gasteiger partial charge in [0, 0.05) is 49.1 Å². The Bertz CT molecular complexity index is 1430. The molecule has 1 aliphatic heterocycles. The number of para-hydroxylation sites is 1. The lowest BCUT2D eigenvalue weighted by Crippen LogP contribution is -2.41. The number of carbonyl (C=O) groups excluding carboxylic acids is 2. The van der Waals surface area contributed by atoms with Crippen molar-refractivity contribution in [3.63, 3.8) is 0 Å². The van der Waals surface area contributed by atoms with Gasteiger partial charge in [-0.2, -0.15) is 0 Å². The van der Waals surface area contributed by atoms with Gasteiger partial charge in [-0.15, -0.1) is 0 Å². The number of halogens is 1. The fourth-order valence-corrected chi connectivity index (χ4v) is 5.60. The number of benzene rings is 3. The third-order valence-corrected chi connectivity index (χ3v) is 7.79. The first-order valence-corrected chi connectivity index (χ1v) is 13.8. The fraction of sp³-hybridized carbons (Fsp3) is 0.333. The van der Waals surface area contributed by atoms with Gasteiger partial charge in [0.15, 0.2) is 0 Å². The quantitative estimate of drug-likeness (QED) is 0.248. The number of hydrogen-bond acceptors (Lipinski definition) is 3. The molecule has 1 aromatic heterocycles. The predicted molar refractivity (Wildman–Crippen MR) is 151 cm³/mol. The molecule has 0 spiro atoms. The van der Waals surface area contributed by atoms with E-state index in [4.69, 9.17) is 4.74 Å². The van der Waals surface area contributed by atoms with Crippen molar-refractivity contribution in [2.75, 3.05) is 19.7 Å². The van der Waals surface area contributed by atoms with Crippen molar-refractivity contribution in [2.45, 2.75) is 45.6 Å². The Hall–Kier alpha value is -3.93. The van der Waals surface area contributed by atoms with Crippen LogP contribution in [0.25, 0.3) is 10.9 Å². The molecular formula is C33H35FN2O3. The maximum absolute atomic E-state index is 13.9. The van der Waals surface area contributed by atoms with Gasteiger partial charge < -0.3 is 14.2 Å². The first-order valence-electron chi connectivity index (χ1n) is 13.8. The lowest BCUT2D eigenvalue weighted by atomic mass is 9.87. The number of ether oxygens (including phenoxy) is 1. The summed E-state index contributed by atoms with van der Waals surface area (Å²) in [5, 5.41) is 1.09. The number of esters is 1. The summed E-state index contributed by atoms with van der Waals surface area (Å²) in [6.07, 6.45) is 3.65. The Morgan fingerprint density at radius 3 is 2.36 bits per heavy atom. The van der Waals surface area contributed by atoms with Crippen LogP contribution in [0.2, 0.25) is 0 Å². The highest BCUT2D eigenvalue weighted by molar-refractivity contribution is 5.87. The minimum atomic E-state index is -0.299. The topological polar surface area (TPSA) is 51.5 Å². The summed E-state index contributed by atoms with van der Waals surface area (Å²) < 4.78 is 21.3. The van der Waals surface area contributed by atoms with E-state index in [9.17, 15) is 14.0 Å². The number of hydrogen-bond donors (Lipinski definition) is 0. The van der Waals surface area contributed by atoms with E-state index in [1.807, 2.05) is 24.0 Å². The summed E-state index contributed by atoms with van der Waals surface area (Å²) >= 11 is 0. The second kappa shape index (κ2) is 11.9. The molecule has 0 N–H and O–H groups in total. The predicted octanol–water partition coefficient (Wildman–Crippen LogP) is 6.46. The number of carbonyl (C=O) groups is 2. The van der Waals surface area contributed by atoms with E-state index in [-0.39, 0.29) is 36.0 Å². The average Bonchev–Trinajstić information content (AvgIpc) is 3.31. The molecule has 0 unspecified atom stereocenters. The van der Waals surface area contributed by atoms with Crippen LogP contribution in [0.4, 0.5) is 4.39 Å². The van der Waals surface area contributed by atoms with Crippen molar-refractivity contribution in [1.29, 1.82) is 0 Å². The number of amides is 1. The first kappa shape index (κ1) is 26.7. The van der Waals surface area contributed by atoms with Crippen molar-refractivity contribution in [1.82, 2.24) is 9.47 Å². The molecule has 6 heteroatoms. The highest BCUT2D eigenvalue weighted by Crippen LogP contribution is 2.36. The molecule has 4 aromatic rings. The van der Waals surface area contributed by atoms with Crippen LogP contribution in [0.3, 0.4) is 0 Å². The Kier molecular flexibility index (Phi) is 8.10. The molecule has 1 amide bonds. The highest BCUT2D eigenvalue weighted by atomic mass is 19.1. The van der Waals surface area contributed by atoms with Gasteiger partial charge in [0.2, 0.25) is 5.91 Å². The van der Waals surface area contributed by atoms with Crippen LogP contribution in [0.15, 0.2) is 79.0 Å². The van der Waals surface area contributed by atoms with E-state index in [2.05, 4.69) is 54.1 Å². The third kappa shape index (κ3) is 6.06. The van der Waals surface area contributed by atoms with Crippen molar-refractivity contribution >= 4 is 22.8 Å². The molecule has 1 fully saturated rings. The van der Waals surface area contributed by atoms with Gasteiger partial charge in [-0.25, -0.2) is 4.39 Å². The zero-order chi connectivity index (χ0) is 27.4. The lowest BCUT2D eigenvalue weighted by molar-refractivity contribution is -0.151. The number of aryl methyl sites for hydroxylation is 1. The van der Waals surface area contributed by atoms with Crippen LogP contribution < -0.4 is 0 Å². The molecule has 202 valence electrons. The third-order valence-electron chi connectivity index (χ3n) is 7.79. The maximum Gasteiger partial charge on any atom is 0.309 e. The molecule has 0 aliphatic carbocycles. The van der Waals surface area contributed by atoms with E-state index in [1.54, 1.807) is 12.1 Å². The summed E-state index contributed by atoms with van der Waals surface area (Å²) in [5.74, 6) is -0.810. The molecule has 5 rings (SSSR count). The minimum Gasteiger partial charge on any atom is -0.466 e. The second-order valence-corrected chi connectivity index (χ2v) is 10.4. The normalized spacial score (nSPS) is 14.9. The highest BCUT2D eigenvalue weighted by Gasteiger charge is 2.30. The van der Waals surface area contributed by atoms with Gasteiger partial charge in [0.05, 0.1) is 12.5 Å². The van der Waals surface area contributed by atoms with E-state index in [1.165, 1.54) is 23.3 Å². The summed E-state index contributed by atoms with van der Waals surface area (Å²) in [6, 6.07) is 23.3. The molecule has 1 saturated heterocycles. The van der Waals surface area contributed by atoms with Crippen molar-refractivity contribution < 1.29 is 18.7 Å². The van der Waals surface area contributed by atoms with Gasteiger partial charge in [-0.3, -0.25) is 9.59 Å². The summed E-state index contributed by atoms with van der Waals surface area (Å²) in [4.78, 5) is 27.6. The molecule has 1 atom stereocenters. The first-order chi connectivity index (χ1) is 18.9. The summed E-state index contributed by atoms with van der Waals surface area (Å²) in [6.45, 7) is 6.04. The number of nitrogens with zero attached hydrogens (tertiary/aromatic N) is 2. The molecule has 39 heavy (non-hydrogen) atoms. The van der Waals surface area contributed by atoms with E-state index < -0.39 is 0 Å². The maximum atomic E-state index is 13.9. The molecular weight excluding hydrogens is 491 g/mol. The summed E-state index contributed by atoms with van der Waals surface area (Å²) in [5.41, 5.74) is 5.48. The Labute approximate surface area is 229 Å². The van der Waals surface area contributed by atoms with Crippen molar-refractivity contribution in [3.8, 4) is 0 Å². The molecule has 2 heterocycles. The van der Waals surface area contributed by atoms with Gasteiger partial charge in [0.25, 0.3) is 0 Å². The van der Waals surface area contributed by atoms with Crippen LogP contribution in [-0.2, 0) is 20.9 Å². The van der Waals surface area contributed by atoms with Gasteiger partial charge >= 0.3 is 5.97 Å². The van der Waals surface area contributed by atoms with Crippen LogP contribution in [-0.4, -0.2) is 41.0 Å². The zero-order valence-corrected chi connectivity index (χ0v) is 22.6. The van der Waals surface area contributed by atoms with Gasteiger partial charge in [-0.1, -0.05) is 60.2 Å². The van der Waals surface area contributed by atoms with Crippen molar-refractivity contribution in [3.05, 3.63) is 107 Å². The average molecular weight is 527 g/mol. The minimum absolute atomic E-state index is 0.0435. The Morgan fingerprint density at radius 2 is 1.67 bits per heavy atom. The number of piperidine rings is 1. The van der Waals surface area contributed by atoms with E-state index in [0.29, 0.717) is 39.1 Å². The molecule has 3 aromatic carbocycles. The molecule has 0 radical (unpaired) electrons. The van der Waals surface area contributed by atoms with Crippen LogP contribution in [0.1, 0.15) is 54.4 Å². The molecule has 5 nitrogen and oxygen atoms in total. The smallest absolute Gasteiger partial charge is 0.309 e. The van der Waals surface area contributed by atoms with Crippen LogP contribution in [0, 0.1) is 18.7 Å². The summed E-state index contributed by atoms with van der Waals surface area (Å²) in [7, 11) is 0. The molecule has 1 aliphatic rings. The van der Waals surface area contributed by atoms with Gasteiger partial charge in [0.1, 0.15) is 5.82 Å². The molecule has 0 bridgehead atoms. The van der Waals surface area contributed by atoms with E-state index in [0.717, 1.165) is 22.0 Å². The van der Waals surface area contributed by atoms with Crippen LogP contribution >= 0.6 is 0 Å². The number of rotatable bonds is 8. The number of aromatic nitrogens is 1. The standard InChI is InChI=1S/C33H35FN2O3/c1-3-39-33(38)26-16-18-35(19-17-26)32(37)20-29(25-12-14-27(34)15-13-25)30-22-36(31-7-5-4-6-28(30)31)21-24-10-8-23(2)9-11-24/h4-15,22,26,29H,3,16-21H2,1-2H3/t29-/m1/s1. The Balaban J connectivity index is 1.44. The zero-order valence-electron chi connectivity index (χ0n) is 22.6. The number of likely N-dealkylation sites (tertiary alicyclic amines) is 1. The van der Waals surface area contributed by atoms with Crippen LogP contribution in [0.5, 0.6) is 0 Å². The fourth-order valence-electron chi connectivity index (χ4n) is 5.60. The largest absolute Gasteiger partial charge is 0.466 e.